The normalized spacial score (nSPS) is 27.4. The van der Waals surface area contributed by atoms with Gasteiger partial charge in [0.1, 0.15) is 6.04 Å². The molecule has 0 spiro atoms. The minimum absolute atomic E-state index is 0.123. The molecule has 0 aromatic rings. The van der Waals surface area contributed by atoms with Crippen molar-refractivity contribution in [1.82, 2.24) is 10.6 Å². The fraction of sp³-hybridized carbons (Fsp3) is 0.786. The van der Waals surface area contributed by atoms with E-state index in [0.717, 1.165) is 12.8 Å². The average molecular weight is 284 g/mol. The molecular weight excluding hydrogens is 260 g/mol. The van der Waals surface area contributed by atoms with E-state index in [9.17, 15) is 19.5 Å². The zero-order chi connectivity index (χ0) is 15.3. The van der Waals surface area contributed by atoms with Gasteiger partial charge >= 0.3 is 5.97 Å². The summed E-state index contributed by atoms with van der Waals surface area (Å²) in [5.41, 5.74) is -0.863. The molecule has 3 N–H and O–H groups in total. The van der Waals surface area contributed by atoms with E-state index in [-0.39, 0.29) is 18.4 Å². The van der Waals surface area contributed by atoms with Crippen LogP contribution >= 0.6 is 0 Å². The lowest BCUT2D eigenvalue weighted by Crippen LogP contribution is -2.50. The van der Waals surface area contributed by atoms with Crippen molar-refractivity contribution in [1.29, 1.82) is 0 Å². The van der Waals surface area contributed by atoms with Gasteiger partial charge in [0, 0.05) is 13.5 Å². The number of rotatable bonds is 5. The summed E-state index contributed by atoms with van der Waals surface area (Å²) in [4.78, 5) is 34.2. The minimum atomic E-state index is -0.863. The summed E-state index contributed by atoms with van der Waals surface area (Å²) in [5.74, 6) is -0.945. The molecule has 0 bridgehead atoms. The van der Waals surface area contributed by atoms with E-state index >= 15 is 0 Å². The fourth-order valence-corrected chi connectivity index (χ4v) is 2.56. The van der Waals surface area contributed by atoms with Crippen molar-refractivity contribution in [2.45, 2.75) is 52.5 Å². The predicted octanol–water partition coefficient (Wildman–Crippen LogP) is 0.908. The first kappa shape index (κ1) is 16.5. The highest BCUT2D eigenvalue weighted by Crippen LogP contribution is 2.38. The second kappa shape index (κ2) is 6.72. The van der Waals surface area contributed by atoms with E-state index in [2.05, 4.69) is 17.6 Å². The number of carbonyl (C=O) groups is 3. The largest absolute Gasteiger partial charge is 0.481 e. The quantitative estimate of drug-likeness (QED) is 0.699. The number of carboxylic acids is 1. The molecule has 6 heteroatoms. The van der Waals surface area contributed by atoms with Crippen molar-refractivity contribution in [3.63, 3.8) is 0 Å². The van der Waals surface area contributed by atoms with Crippen LogP contribution in [0.15, 0.2) is 0 Å². The van der Waals surface area contributed by atoms with Gasteiger partial charge in [0.15, 0.2) is 0 Å². The summed E-state index contributed by atoms with van der Waals surface area (Å²) in [7, 11) is 0. The van der Waals surface area contributed by atoms with Crippen LogP contribution in [-0.4, -0.2) is 35.5 Å². The zero-order valence-corrected chi connectivity index (χ0v) is 12.4. The van der Waals surface area contributed by atoms with Gasteiger partial charge in [-0.15, -0.1) is 0 Å². The van der Waals surface area contributed by atoms with Crippen LogP contribution in [0.25, 0.3) is 0 Å². The van der Waals surface area contributed by atoms with Crippen LogP contribution in [-0.2, 0) is 14.4 Å². The van der Waals surface area contributed by atoms with Crippen molar-refractivity contribution in [2.75, 3.05) is 6.54 Å². The first-order valence-corrected chi connectivity index (χ1v) is 7.05. The molecule has 114 valence electrons. The summed E-state index contributed by atoms with van der Waals surface area (Å²) in [6.45, 7) is 5.15. The summed E-state index contributed by atoms with van der Waals surface area (Å²) in [6, 6.07) is -0.652. The molecule has 1 saturated carbocycles. The number of hydrogen-bond acceptors (Lipinski definition) is 3. The van der Waals surface area contributed by atoms with Crippen LogP contribution < -0.4 is 10.6 Å². The molecule has 0 heterocycles. The van der Waals surface area contributed by atoms with Gasteiger partial charge in [-0.1, -0.05) is 6.92 Å². The van der Waals surface area contributed by atoms with E-state index in [4.69, 9.17) is 0 Å². The minimum Gasteiger partial charge on any atom is -0.481 e. The Hall–Kier alpha value is -1.59. The monoisotopic (exact) mass is 284 g/mol. The topological polar surface area (TPSA) is 95.5 Å². The summed E-state index contributed by atoms with van der Waals surface area (Å²) < 4.78 is 0. The molecule has 6 nitrogen and oxygen atoms in total. The Morgan fingerprint density at radius 2 is 1.85 bits per heavy atom. The Labute approximate surface area is 119 Å². The van der Waals surface area contributed by atoms with Crippen molar-refractivity contribution in [3.05, 3.63) is 0 Å². The Morgan fingerprint density at radius 3 is 2.30 bits per heavy atom. The van der Waals surface area contributed by atoms with Gasteiger partial charge in [-0.25, -0.2) is 0 Å². The highest BCUT2D eigenvalue weighted by molar-refractivity contribution is 5.87. The molecule has 0 aliphatic heterocycles. The van der Waals surface area contributed by atoms with Crippen molar-refractivity contribution < 1.29 is 19.5 Å². The second-order valence-corrected chi connectivity index (χ2v) is 5.91. The number of carboxylic acid groups (broad SMARTS) is 1. The molecule has 2 amide bonds. The number of carbonyl (C=O) groups excluding carboxylic acids is 2. The highest BCUT2D eigenvalue weighted by atomic mass is 16.4. The number of aliphatic carboxylic acids is 1. The van der Waals surface area contributed by atoms with Crippen LogP contribution in [0.4, 0.5) is 0 Å². The molecule has 0 saturated heterocycles. The standard InChI is InChI=1S/C14H24N2O4/c1-9-4-6-14(7-5-9,13(19)20)8-15-12(18)10(2)16-11(3)17/h9-10H,4-8H2,1-3H3,(H,15,18)(H,16,17)(H,19,20). The maximum absolute atomic E-state index is 11.8. The Kier molecular flexibility index (Phi) is 5.53. The Morgan fingerprint density at radius 1 is 1.30 bits per heavy atom. The van der Waals surface area contributed by atoms with Crippen LogP contribution in [0.5, 0.6) is 0 Å². The smallest absolute Gasteiger partial charge is 0.311 e. The van der Waals surface area contributed by atoms with Gasteiger partial charge in [0.2, 0.25) is 11.8 Å². The fourth-order valence-electron chi connectivity index (χ4n) is 2.56. The summed E-state index contributed by atoms with van der Waals surface area (Å²) in [5, 5.41) is 14.6. The average Bonchev–Trinajstić information content (AvgIpc) is 2.37. The summed E-state index contributed by atoms with van der Waals surface area (Å²) in [6.07, 6.45) is 2.89. The predicted molar refractivity (Wildman–Crippen MR) is 74.0 cm³/mol. The van der Waals surface area contributed by atoms with E-state index in [1.807, 2.05) is 0 Å². The third kappa shape index (κ3) is 4.21. The summed E-state index contributed by atoms with van der Waals surface area (Å²) >= 11 is 0. The molecule has 1 rings (SSSR count). The molecular formula is C14H24N2O4. The van der Waals surface area contributed by atoms with Crippen LogP contribution in [0, 0.1) is 11.3 Å². The molecule has 1 aliphatic carbocycles. The number of hydrogen-bond donors (Lipinski definition) is 3. The van der Waals surface area contributed by atoms with Gasteiger partial charge in [0.25, 0.3) is 0 Å². The van der Waals surface area contributed by atoms with Gasteiger partial charge in [-0.2, -0.15) is 0 Å². The zero-order valence-electron chi connectivity index (χ0n) is 12.4. The SMILES string of the molecule is CC(=O)NC(C)C(=O)NCC1(C(=O)O)CCC(C)CC1. The maximum Gasteiger partial charge on any atom is 0.311 e. The first-order valence-electron chi connectivity index (χ1n) is 7.05. The van der Waals surface area contributed by atoms with Crippen LogP contribution in [0.2, 0.25) is 0 Å². The number of nitrogens with one attached hydrogen (secondary N) is 2. The van der Waals surface area contributed by atoms with Gasteiger partial charge in [-0.05, 0) is 38.5 Å². The van der Waals surface area contributed by atoms with Gasteiger partial charge < -0.3 is 15.7 Å². The molecule has 20 heavy (non-hydrogen) atoms. The van der Waals surface area contributed by atoms with Crippen molar-refractivity contribution in [3.8, 4) is 0 Å². The maximum atomic E-state index is 11.8. The molecule has 1 aliphatic rings. The molecule has 0 aromatic heterocycles. The molecule has 0 aromatic carbocycles. The lowest BCUT2D eigenvalue weighted by atomic mass is 9.71. The lowest BCUT2D eigenvalue weighted by molar-refractivity contribution is -0.151. The Balaban J connectivity index is 2.58. The van der Waals surface area contributed by atoms with Crippen LogP contribution in [0.3, 0.4) is 0 Å². The lowest BCUT2D eigenvalue weighted by Gasteiger charge is -2.36. The molecule has 1 unspecified atom stereocenters. The van der Waals surface area contributed by atoms with Crippen LogP contribution in [0.1, 0.15) is 46.5 Å². The highest BCUT2D eigenvalue weighted by Gasteiger charge is 2.41. The van der Waals surface area contributed by atoms with Gasteiger partial charge in [-0.3, -0.25) is 14.4 Å². The first-order chi connectivity index (χ1) is 9.27. The van der Waals surface area contributed by atoms with Gasteiger partial charge in [0.05, 0.1) is 5.41 Å². The van der Waals surface area contributed by atoms with E-state index in [0.29, 0.717) is 18.8 Å². The van der Waals surface area contributed by atoms with E-state index < -0.39 is 17.4 Å². The second-order valence-electron chi connectivity index (χ2n) is 5.91. The van der Waals surface area contributed by atoms with Crippen molar-refractivity contribution >= 4 is 17.8 Å². The third-order valence-electron chi connectivity index (χ3n) is 4.10. The number of amides is 2. The third-order valence-corrected chi connectivity index (χ3v) is 4.10. The van der Waals surface area contributed by atoms with Crippen molar-refractivity contribution in [2.24, 2.45) is 11.3 Å². The molecule has 0 radical (unpaired) electrons. The van der Waals surface area contributed by atoms with E-state index in [1.54, 1.807) is 6.92 Å². The molecule has 1 atom stereocenters. The molecule has 1 fully saturated rings. The van der Waals surface area contributed by atoms with E-state index in [1.165, 1.54) is 6.92 Å². The Bertz CT molecular complexity index is 387.